The third-order valence-electron chi connectivity index (χ3n) is 3.39. The van der Waals surface area contributed by atoms with Gasteiger partial charge < -0.3 is 15.4 Å². The molecule has 0 bridgehead atoms. The van der Waals surface area contributed by atoms with Crippen molar-refractivity contribution in [3.05, 3.63) is 54.1 Å². The first kappa shape index (κ1) is 18.5. The molecule has 128 valence electrons. The van der Waals surface area contributed by atoms with Crippen molar-refractivity contribution in [3.63, 3.8) is 0 Å². The minimum Gasteiger partial charge on any atom is -0.338 e. The molecule has 0 saturated carbocycles. The van der Waals surface area contributed by atoms with Gasteiger partial charge in [-0.1, -0.05) is 25.1 Å². The van der Waals surface area contributed by atoms with Crippen molar-refractivity contribution in [2.24, 2.45) is 0 Å². The summed E-state index contributed by atoms with van der Waals surface area (Å²) in [6.45, 7) is 2.72. The van der Waals surface area contributed by atoms with E-state index in [4.69, 9.17) is 11.6 Å². The Labute approximate surface area is 152 Å². The molecule has 0 heterocycles. The molecule has 0 atom stereocenters. The fourth-order valence-electron chi connectivity index (χ4n) is 2.09. The van der Waals surface area contributed by atoms with Crippen molar-refractivity contribution in [2.45, 2.75) is 24.7 Å². The van der Waals surface area contributed by atoms with Gasteiger partial charge in [0.1, 0.15) is 0 Å². The van der Waals surface area contributed by atoms with Gasteiger partial charge in [-0.2, -0.15) is 0 Å². The zero-order valence-corrected chi connectivity index (χ0v) is 15.2. The van der Waals surface area contributed by atoms with Gasteiger partial charge in [0.15, 0.2) is 0 Å². The van der Waals surface area contributed by atoms with Crippen LogP contribution in [-0.2, 0) is 6.42 Å². The van der Waals surface area contributed by atoms with E-state index in [-0.39, 0.29) is 6.03 Å². The Hall–Kier alpha value is -1.85. The number of carbonyl (C=O) groups is 1. The largest absolute Gasteiger partial charge is 0.338 e. The number of aryl methyl sites for hydroxylation is 1. The molecule has 0 aliphatic rings. The summed E-state index contributed by atoms with van der Waals surface area (Å²) in [4.78, 5) is 12.7. The smallest absolute Gasteiger partial charge is 0.319 e. The number of halogens is 1. The van der Waals surface area contributed by atoms with Gasteiger partial charge in [-0.25, -0.2) is 4.79 Å². The Morgan fingerprint density at radius 3 is 2.58 bits per heavy atom. The first-order valence-electron chi connectivity index (χ1n) is 7.94. The number of anilines is 2. The molecular formula is C18H22ClN3OS. The molecule has 4 nitrogen and oxygen atoms in total. The second-order valence-corrected chi connectivity index (χ2v) is 6.42. The van der Waals surface area contributed by atoms with Crippen LogP contribution in [0.25, 0.3) is 0 Å². The first-order valence-corrected chi connectivity index (χ1v) is 9.29. The van der Waals surface area contributed by atoms with Crippen LogP contribution in [0.1, 0.15) is 18.9 Å². The molecule has 3 N–H and O–H groups in total. The van der Waals surface area contributed by atoms with Crippen LogP contribution < -0.4 is 15.4 Å². The topological polar surface area (TPSA) is 53.2 Å². The summed E-state index contributed by atoms with van der Waals surface area (Å²) in [7, 11) is 0. The quantitative estimate of drug-likeness (QED) is 0.346. The number of hydrogen-bond donors (Lipinski definition) is 3. The number of benzene rings is 2. The molecule has 0 aliphatic carbocycles. The Morgan fingerprint density at radius 1 is 1.12 bits per heavy atom. The molecule has 0 spiro atoms. The van der Waals surface area contributed by atoms with E-state index < -0.39 is 0 Å². The summed E-state index contributed by atoms with van der Waals surface area (Å²) >= 11 is 7.13. The van der Waals surface area contributed by atoms with Gasteiger partial charge in [-0.3, -0.25) is 0 Å². The van der Waals surface area contributed by atoms with Gasteiger partial charge >= 0.3 is 6.03 Å². The van der Waals surface area contributed by atoms with Crippen LogP contribution in [0.5, 0.6) is 0 Å². The van der Waals surface area contributed by atoms with E-state index >= 15 is 0 Å². The van der Waals surface area contributed by atoms with E-state index in [1.807, 2.05) is 36.4 Å². The van der Waals surface area contributed by atoms with Crippen molar-refractivity contribution in [2.75, 3.05) is 22.5 Å². The van der Waals surface area contributed by atoms with Crippen LogP contribution in [0, 0.1) is 0 Å². The molecular weight excluding hydrogens is 342 g/mol. The van der Waals surface area contributed by atoms with E-state index in [2.05, 4.69) is 34.4 Å². The second kappa shape index (κ2) is 10.1. The van der Waals surface area contributed by atoms with Gasteiger partial charge in [0.25, 0.3) is 0 Å². The van der Waals surface area contributed by atoms with E-state index in [1.54, 1.807) is 11.9 Å². The number of para-hydroxylation sites is 1. The lowest BCUT2D eigenvalue weighted by molar-refractivity contribution is 0.252. The van der Waals surface area contributed by atoms with Gasteiger partial charge in [-0.05, 0) is 60.7 Å². The van der Waals surface area contributed by atoms with Crippen molar-refractivity contribution >= 4 is 41.0 Å². The van der Waals surface area contributed by atoms with Gasteiger partial charge in [0.05, 0.1) is 0 Å². The number of nitrogens with one attached hydrogen (secondary N) is 3. The third kappa shape index (κ3) is 5.98. The molecule has 0 fully saturated rings. The second-order valence-electron chi connectivity index (χ2n) is 5.16. The van der Waals surface area contributed by atoms with Crippen molar-refractivity contribution in [3.8, 4) is 0 Å². The Kier molecular flexibility index (Phi) is 7.79. The minimum atomic E-state index is -0.212. The van der Waals surface area contributed by atoms with E-state index in [0.717, 1.165) is 29.1 Å². The molecule has 0 saturated heterocycles. The molecule has 0 aliphatic heterocycles. The normalized spacial score (nSPS) is 10.2. The Morgan fingerprint density at radius 2 is 1.88 bits per heavy atom. The van der Waals surface area contributed by atoms with Crippen molar-refractivity contribution in [1.29, 1.82) is 0 Å². The van der Waals surface area contributed by atoms with E-state index in [0.29, 0.717) is 12.4 Å². The van der Waals surface area contributed by atoms with Crippen molar-refractivity contribution < 1.29 is 4.79 Å². The van der Waals surface area contributed by atoms with E-state index in [9.17, 15) is 4.79 Å². The summed E-state index contributed by atoms with van der Waals surface area (Å²) in [6, 6.07) is 15.8. The maximum atomic E-state index is 11.7. The maximum Gasteiger partial charge on any atom is 0.319 e. The van der Waals surface area contributed by atoms with Crippen LogP contribution in [0.3, 0.4) is 0 Å². The Balaban J connectivity index is 1.84. The highest BCUT2D eigenvalue weighted by Crippen LogP contribution is 2.25. The maximum absolute atomic E-state index is 11.7. The fraction of sp³-hybridized carbons (Fsp3) is 0.278. The van der Waals surface area contributed by atoms with Gasteiger partial charge in [0.2, 0.25) is 0 Å². The summed E-state index contributed by atoms with van der Waals surface area (Å²) in [5, 5.41) is 5.55. The molecule has 0 unspecified atom stereocenters. The average Bonchev–Trinajstić information content (AvgIpc) is 2.61. The van der Waals surface area contributed by atoms with E-state index in [1.165, 1.54) is 5.56 Å². The third-order valence-corrected chi connectivity index (χ3v) is 4.48. The average molecular weight is 364 g/mol. The van der Waals surface area contributed by atoms with Gasteiger partial charge in [0, 0.05) is 28.7 Å². The molecule has 24 heavy (non-hydrogen) atoms. The molecule has 6 heteroatoms. The number of rotatable bonds is 8. The van der Waals surface area contributed by atoms with Crippen LogP contribution >= 0.6 is 23.5 Å². The first-order chi connectivity index (χ1) is 11.7. The molecule has 2 amide bonds. The van der Waals surface area contributed by atoms with Crippen LogP contribution in [0.15, 0.2) is 53.4 Å². The number of amides is 2. The van der Waals surface area contributed by atoms with Crippen LogP contribution in [-0.4, -0.2) is 18.5 Å². The minimum absolute atomic E-state index is 0.212. The standard InChI is InChI=1S/C18H22ClN3OS/c1-2-14-6-3-4-7-17(14)22-24-16-10-8-15(9-11-16)21-18(23)20-13-5-12-19/h3-4,6-11,22H,2,5,12-13H2,1H3,(H2,20,21,23). The summed E-state index contributed by atoms with van der Waals surface area (Å²) in [6.07, 6.45) is 1.75. The highest BCUT2D eigenvalue weighted by atomic mass is 35.5. The summed E-state index contributed by atoms with van der Waals surface area (Å²) in [5.74, 6) is 0.542. The lowest BCUT2D eigenvalue weighted by atomic mass is 10.1. The highest BCUT2D eigenvalue weighted by Gasteiger charge is 2.03. The number of alkyl halides is 1. The Bertz CT molecular complexity index is 649. The number of hydrogen-bond acceptors (Lipinski definition) is 3. The molecule has 0 aromatic heterocycles. The SMILES string of the molecule is CCc1ccccc1NSc1ccc(NC(=O)NCCCCl)cc1. The lowest BCUT2D eigenvalue weighted by Crippen LogP contribution is -2.29. The number of carbonyl (C=O) groups excluding carboxylic acids is 1. The molecule has 2 rings (SSSR count). The molecule has 2 aromatic rings. The van der Waals surface area contributed by atoms with Gasteiger partial charge in [-0.15, -0.1) is 11.6 Å². The van der Waals surface area contributed by atoms with Crippen LogP contribution in [0.4, 0.5) is 16.2 Å². The zero-order valence-electron chi connectivity index (χ0n) is 13.6. The fourth-order valence-corrected chi connectivity index (χ4v) is 2.93. The highest BCUT2D eigenvalue weighted by molar-refractivity contribution is 8.00. The predicted octanol–water partition coefficient (Wildman–Crippen LogP) is 5.12. The monoisotopic (exact) mass is 363 g/mol. The molecule has 0 radical (unpaired) electrons. The van der Waals surface area contributed by atoms with Crippen LogP contribution in [0.2, 0.25) is 0 Å². The summed E-state index contributed by atoms with van der Waals surface area (Å²) < 4.78 is 3.38. The predicted molar refractivity (Wildman–Crippen MR) is 104 cm³/mol. The van der Waals surface area contributed by atoms with Crippen molar-refractivity contribution in [1.82, 2.24) is 5.32 Å². The molecule has 2 aromatic carbocycles. The summed E-state index contributed by atoms with van der Waals surface area (Å²) in [5.41, 5.74) is 3.18. The lowest BCUT2D eigenvalue weighted by Gasteiger charge is -2.10. The number of urea groups is 1. The zero-order chi connectivity index (χ0) is 17.2.